The molecular formula is C10H15N9O. The molecule has 0 spiro atoms. The zero-order chi connectivity index (χ0) is 14.5. The topological polar surface area (TPSA) is 141 Å². The Hall–Kier alpha value is -2.75. The fraction of sp³-hybridized carbons (Fsp3) is 0.300. The van der Waals surface area contributed by atoms with Crippen LogP contribution in [0.15, 0.2) is 18.7 Å². The van der Waals surface area contributed by atoms with E-state index in [9.17, 15) is 4.79 Å². The van der Waals surface area contributed by atoms with Crippen LogP contribution in [0.4, 0.5) is 11.9 Å². The second kappa shape index (κ2) is 5.93. The van der Waals surface area contributed by atoms with Crippen LogP contribution >= 0.6 is 0 Å². The third-order valence-corrected chi connectivity index (χ3v) is 2.49. The van der Waals surface area contributed by atoms with E-state index in [1.807, 2.05) is 6.92 Å². The average molecular weight is 277 g/mol. The molecule has 106 valence electrons. The predicted octanol–water partition coefficient (Wildman–Crippen LogP) is -1.35. The molecule has 0 bridgehead atoms. The molecule has 1 amide bonds. The minimum absolute atomic E-state index is 0.00783. The van der Waals surface area contributed by atoms with E-state index in [4.69, 9.17) is 11.6 Å². The van der Waals surface area contributed by atoms with Crippen molar-refractivity contribution in [1.82, 2.24) is 24.5 Å². The Morgan fingerprint density at radius 1 is 1.45 bits per heavy atom. The summed E-state index contributed by atoms with van der Waals surface area (Å²) in [5.41, 5.74) is 7.57. The average Bonchev–Trinajstić information content (AvgIpc) is 2.98. The van der Waals surface area contributed by atoms with Crippen molar-refractivity contribution in [2.24, 2.45) is 11.6 Å². The van der Waals surface area contributed by atoms with E-state index >= 15 is 0 Å². The molecule has 2 aromatic rings. The molecule has 0 aliphatic carbocycles. The number of nitrogens with zero attached hydrogens (tertiary/aromatic N) is 6. The van der Waals surface area contributed by atoms with Crippen LogP contribution < -0.4 is 21.9 Å². The van der Waals surface area contributed by atoms with Gasteiger partial charge in [0.05, 0.1) is 6.54 Å². The molecule has 0 saturated carbocycles. The number of nitrogens with two attached hydrogens (primary N) is 2. The molecule has 20 heavy (non-hydrogen) atoms. The Kier molecular flexibility index (Phi) is 4.05. The number of nitrogens with one attached hydrogen (secondary N) is 1. The summed E-state index contributed by atoms with van der Waals surface area (Å²) in [4.78, 5) is 29.1. The third-order valence-electron chi connectivity index (χ3n) is 2.49. The number of primary amides is 1. The summed E-state index contributed by atoms with van der Waals surface area (Å²) in [6.45, 7) is 2.38. The van der Waals surface area contributed by atoms with E-state index in [2.05, 4.69) is 25.4 Å². The molecule has 0 unspecified atom stereocenters. The third kappa shape index (κ3) is 2.98. The molecule has 0 aromatic carbocycles. The van der Waals surface area contributed by atoms with E-state index in [0.29, 0.717) is 18.4 Å². The second-order valence-corrected chi connectivity index (χ2v) is 3.85. The van der Waals surface area contributed by atoms with Gasteiger partial charge in [0.15, 0.2) is 0 Å². The molecule has 2 aromatic heterocycles. The number of anilines is 2. The van der Waals surface area contributed by atoms with Gasteiger partial charge < -0.3 is 10.6 Å². The minimum atomic E-state index is -0.473. The first-order chi connectivity index (χ1) is 9.63. The molecule has 0 aliphatic rings. The van der Waals surface area contributed by atoms with Crippen LogP contribution in [0.1, 0.15) is 6.92 Å². The first-order valence-electron chi connectivity index (χ1n) is 5.88. The minimum Gasteiger partial charge on any atom is -0.368 e. The molecule has 0 fully saturated rings. The van der Waals surface area contributed by atoms with Crippen LogP contribution in [0.2, 0.25) is 0 Å². The van der Waals surface area contributed by atoms with Gasteiger partial charge in [-0.1, -0.05) is 0 Å². The SMILES string of the molecule is CCN(CC(N)=O)c1nc(NN)nc(-n2ccnc2)n1. The molecule has 10 heteroatoms. The summed E-state index contributed by atoms with van der Waals surface area (Å²) in [6.07, 6.45) is 4.83. The highest BCUT2D eigenvalue weighted by atomic mass is 16.1. The van der Waals surface area contributed by atoms with Crippen molar-refractivity contribution in [2.45, 2.75) is 6.92 Å². The number of rotatable bonds is 6. The quantitative estimate of drug-likeness (QED) is 0.435. The molecule has 0 radical (unpaired) electrons. The summed E-state index contributed by atoms with van der Waals surface area (Å²) in [5, 5.41) is 0. The van der Waals surface area contributed by atoms with Gasteiger partial charge in [-0.15, -0.1) is 0 Å². The monoisotopic (exact) mass is 277 g/mol. The maximum absolute atomic E-state index is 11.1. The fourth-order valence-electron chi connectivity index (χ4n) is 1.56. The highest BCUT2D eigenvalue weighted by molar-refractivity contribution is 5.78. The van der Waals surface area contributed by atoms with Crippen LogP contribution in [-0.2, 0) is 4.79 Å². The van der Waals surface area contributed by atoms with Gasteiger partial charge in [0, 0.05) is 18.9 Å². The lowest BCUT2D eigenvalue weighted by Gasteiger charge is -2.19. The van der Waals surface area contributed by atoms with Crippen LogP contribution in [0.3, 0.4) is 0 Å². The lowest BCUT2D eigenvalue weighted by Crippen LogP contribution is -2.35. The highest BCUT2D eigenvalue weighted by Crippen LogP contribution is 2.12. The maximum atomic E-state index is 11.1. The molecule has 0 saturated heterocycles. The molecule has 5 N–H and O–H groups in total. The molecular weight excluding hydrogens is 262 g/mol. The van der Waals surface area contributed by atoms with Crippen molar-refractivity contribution in [3.8, 4) is 5.95 Å². The standard InChI is InChI=1S/C10H15N9O/c1-2-18(5-7(11)20)9-14-8(17-12)15-10(16-9)19-4-3-13-6-19/h3-4,6H,2,5,12H2,1H3,(H2,11,20)(H,14,15,16,17). The van der Waals surface area contributed by atoms with Gasteiger partial charge in [-0.05, 0) is 6.92 Å². The Labute approximate surface area is 114 Å². The zero-order valence-corrected chi connectivity index (χ0v) is 10.9. The molecule has 2 rings (SSSR count). The number of carbonyl (C=O) groups is 1. The maximum Gasteiger partial charge on any atom is 0.243 e. The summed E-state index contributed by atoms with van der Waals surface area (Å²) in [5.74, 6) is 5.69. The van der Waals surface area contributed by atoms with Crippen LogP contribution in [-0.4, -0.2) is 43.5 Å². The number of hydrogen-bond acceptors (Lipinski definition) is 8. The number of imidazole rings is 1. The summed E-state index contributed by atoms with van der Waals surface area (Å²) < 4.78 is 1.60. The van der Waals surface area contributed by atoms with Crippen LogP contribution in [0.25, 0.3) is 5.95 Å². The number of hydrazine groups is 1. The number of carbonyl (C=O) groups excluding carboxylic acids is 1. The molecule has 10 nitrogen and oxygen atoms in total. The second-order valence-electron chi connectivity index (χ2n) is 3.85. The van der Waals surface area contributed by atoms with E-state index in [1.165, 1.54) is 0 Å². The number of hydrogen-bond donors (Lipinski definition) is 3. The van der Waals surface area contributed by atoms with Crippen LogP contribution in [0, 0.1) is 0 Å². The van der Waals surface area contributed by atoms with Crippen molar-refractivity contribution in [2.75, 3.05) is 23.4 Å². The van der Waals surface area contributed by atoms with Crippen molar-refractivity contribution < 1.29 is 4.79 Å². The van der Waals surface area contributed by atoms with Gasteiger partial charge in [-0.3, -0.25) is 14.8 Å². The predicted molar refractivity (Wildman–Crippen MR) is 71.8 cm³/mol. The first kappa shape index (κ1) is 13.7. The van der Waals surface area contributed by atoms with Crippen molar-refractivity contribution in [3.63, 3.8) is 0 Å². The van der Waals surface area contributed by atoms with E-state index in [1.54, 1.807) is 28.2 Å². The van der Waals surface area contributed by atoms with E-state index < -0.39 is 5.91 Å². The fourth-order valence-corrected chi connectivity index (χ4v) is 1.56. The van der Waals surface area contributed by atoms with Gasteiger partial charge in [0.2, 0.25) is 23.8 Å². The summed E-state index contributed by atoms with van der Waals surface area (Å²) in [7, 11) is 0. The lowest BCUT2D eigenvalue weighted by molar-refractivity contribution is -0.116. The van der Waals surface area contributed by atoms with E-state index in [0.717, 1.165) is 0 Å². The Morgan fingerprint density at radius 2 is 2.25 bits per heavy atom. The van der Waals surface area contributed by atoms with Crippen LogP contribution in [0.5, 0.6) is 0 Å². The van der Waals surface area contributed by atoms with Gasteiger partial charge in [0.1, 0.15) is 6.33 Å². The number of likely N-dealkylation sites (N-methyl/N-ethyl adjacent to an activating group) is 1. The number of aromatic nitrogens is 5. The molecule has 0 atom stereocenters. The summed E-state index contributed by atoms with van der Waals surface area (Å²) >= 11 is 0. The van der Waals surface area contributed by atoms with Gasteiger partial charge in [0.25, 0.3) is 0 Å². The highest BCUT2D eigenvalue weighted by Gasteiger charge is 2.14. The van der Waals surface area contributed by atoms with Gasteiger partial charge in [-0.25, -0.2) is 10.8 Å². The zero-order valence-electron chi connectivity index (χ0n) is 10.9. The van der Waals surface area contributed by atoms with Crippen molar-refractivity contribution in [1.29, 1.82) is 0 Å². The van der Waals surface area contributed by atoms with E-state index in [-0.39, 0.29) is 12.5 Å². The molecule has 2 heterocycles. The first-order valence-corrected chi connectivity index (χ1v) is 5.88. The van der Waals surface area contributed by atoms with Gasteiger partial charge in [-0.2, -0.15) is 15.0 Å². The Bertz CT molecular complexity index is 582. The lowest BCUT2D eigenvalue weighted by atomic mass is 10.5. The van der Waals surface area contributed by atoms with Gasteiger partial charge >= 0.3 is 0 Å². The Balaban J connectivity index is 2.42. The number of amides is 1. The molecule has 0 aliphatic heterocycles. The van der Waals surface area contributed by atoms with Crippen molar-refractivity contribution >= 4 is 17.8 Å². The largest absolute Gasteiger partial charge is 0.368 e. The number of nitrogen functional groups attached to an aromatic ring is 1. The van der Waals surface area contributed by atoms with Crippen molar-refractivity contribution in [3.05, 3.63) is 18.7 Å². The smallest absolute Gasteiger partial charge is 0.243 e. The normalized spacial score (nSPS) is 10.3. The summed E-state index contributed by atoms with van der Waals surface area (Å²) in [6, 6.07) is 0. The Morgan fingerprint density at radius 3 is 2.80 bits per heavy atom.